The van der Waals surface area contributed by atoms with Crippen molar-refractivity contribution in [2.75, 3.05) is 13.2 Å². The first-order chi connectivity index (χ1) is 6.92. The molecule has 0 saturated heterocycles. The number of hydrogen-bond donors (Lipinski definition) is 1. The highest BCUT2D eigenvalue weighted by Crippen LogP contribution is 2.26. The van der Waals surface area contributed by atoms with Crippen molar-refractivity contribution in [2.45, 2.75) is 12.5 Å². The molecular formula is C12H14NO. The predicted molar refractivity (Wildman–Crippen MR) is 55.7 cm³/mol. The van der Waals surface area contributed by atoms with Gasteiger partial charge >= 0.3 is 0 Å². The number of allylic oxidation sites excluding steroid dienone is 1. The highest BCUT2D eigenvalue weighted by molar-refractivity contribution is 5.34. The fourth-order valence-corrected chi connectivity index (χ4v) is 1.67. The Hall–Kier alpha value is -1.12. The van der Waals surface area contributed by atoms with Crippen LogP contribution in [0, 0.1) is 6.08 Å². The Labute approximate surface area is 84.4 Å². The SMILES string of the molecule is NCCOC1[C]=CCc2ccccc21. The van der Waals surface area contributed by atoms with Crippen LogP contribution in [0.4, 0.5) is 0 Å². The smallest absolute Gasteiger partial charge is 0.108 e. The Balaban J connectivity index is 2.18. The van der Waals surface area contributed by atoms with Gasteiger partial charge in [0.05, 0.1) is 6.61 Å². The molecule has 1 aliphatic carbocycles. The zero-order valence-corrected chi connectivity index (χ0v) is 8.07. The quantitative estimate of drug-likeness (QED) is 0.782. The maximum Gasteiger partial charge on any atom is 0.108 e. The van der Waals surface area contributed by atoms with Gasteiger partial charge in [-0.25, -0.2) is 0 Å². The summed E-state index contributed by atoms with van der Waals surface area (Å²) in [7, 11) is 0. The van der Waals surface area contributed by atoms with Crippen LogP contribution >= 0.6 is 0 Å². The first kappa shape index (κ1) is 9.44. The standard InChI is InChI=1S/C12H14NO/c13-8-9-14-12-7-3-5-10-4-1-2-6-11(10)12/h1-4,6,12H,5,8-9,13H2. The molecule has 1 aliphatic rings. The number of benzene rings is 1. The van der Waals surface area contributed by atoms with Gasteiger partial charge in [-0.05, 0) is 23.6 Å². The summed E-state index contributed by atoms with van der Waals surface area (Å²) in [6, 6.07) is 8.31. The maximum atomic E-state index is 5.59. The molecule has 73 valence electrons. The van der Waals surface area contributed by atoms with Crippen LogP contribution in [-0.4, -0.2) is 13.2 Å². The minimum atomic E-state index is -0.0245. The summed E-state index contributed by atoms with van der Waals surface area (Å²) in [6.07, 6.45) is 6.17. The summed E-state index contributed by atoms with van der Waals surface area (Å²) in [6.45, 7) is 1.14. The van der Waals surface area contributed by atoms with Gasteiger partial charge in [0.25, 0.3) is 0 Å². The van der Waals surface area contributed by atoms with Gasteiger partial charge in [-0.3, -0.25) is 0 Å². The van der Waals surface area contributed by atoms with E-state index >= 15 is 0 Å². The van der Waals surface area contributed by atoms with Gasteiger partial charge in [-0.1, -0.05) is 30.3 Å². The van der Waals surface area contributed by atoms with E-state index in [1.54, 1.807) is 0 Å². The Kier molecular flexibility index (Phi) is 2.96. The van der Waals surface area contributed by atoms with Gasteiger partial charge < -0.3 is 10.5 Å². The van der Waals surface area contributed by atoms with Crippen LogP contribution in [0.15, 0.2) is 30.3 Å². The summed E-state index contributed by atoms with van der Waals surface area (Å²) in [5.74, 6) is 0. The molecule has 0 spiro atoms. The Morgan fingerprint density at radius 2 is 2.29 bits per heavy atom. The molecule has 1 unspecified atom stereocenters. The van der Waals surface area contributed by atoms with E-state index in [0.717, 1.165) is 6.42 Å². The van der Waals surface area contributed by atoms with Crippen molar-refractivity contribution in [1.29, 1.82) is 0 Å². The number of nitrogens with two attached hydrogens (primary N) is 1. The van der Waals surface area contributed by atoms with Crippen molar-refractivity contribution in [3.05, 3.63) is 47.5 Å². The first-order valence-electron chi connectivity index (χ1n) is 4.89. The molecule has 0 bridgehead atoms. The molecule has 0 heterocycles. The Morgan fingerprint density at radius 1 is 1.43 bits per heavy atom. The molecule has 1 aromatic rings. The molecule has 0 aromatic heterocycles. The van der Waals surface area contributed by atoms with Crippen molar-refractivity contribution in [2.24, 2.45) is 5.73 Å². The highest BCUT2D eigenvalue weighted by Gasteiger charge is 2.15. The minimum absolute atomic E-state index is 0.0245. The van der Waals surface area contributed by atoms with E-state index in [4.69, 9.17) is 10.5 Å². The molecule has 0 amide bonds. The van der Waals surface area contributed by atoms with E-state index in [9.17, 15) is 0 Å². The average Bonchev–Trinajstić information content (AvgIpc) is 2.26. The lowest BCUT2D eigenvalue weighted by atomic mass is 9.95. The van der Waals surface area contributed by atoms with Crippen LogP contribution < -0.4 is 5.73 Å². The van der Waals surface area contributed by atoms with Gasteiger partial charge in [0.2, 0.25) is 0 Å². The fraction of sp³-hybridized carbons (Fsp3) is 0.333. The van der Waals surface area contributed by atoms with E-state index in [1.807, 2.05) is 12.1 Å². The van der Waals surface area contributed by atoms with Crippen LogP contribution in [0.3, 0.4) is 0 Å². The molecule has 2 heteroatoms. The molecule has 2 N–H and O–H groups in total. The van der Waals surface area contributed by atoms with Gasteiger partial charge in [0.1, 0.15) is 6.10 Å². The number of ether oxygens (including phenoxy) is 1. The molecular weight excluding hydrogens is 174 g/mol. The molecule has 14 heavy (non-hydrogen) atoms. The Morgan fingerprint density at radius 3 is 3.14 bits per heavy atom. The lowest BCUT2D eigenvalue weighted by molar-refractivity contribution is 0.0848. The predicted octanol–water partition coefficient (Wildman–Crippen LogP) is 1.62. The highest BCUT2D eigenvalue weighted by atomic mass is 16.5. The third-order valence-corrected chi connectivity index (χ3v) is 2.33. The van der Waals surface area contributed by atoms with Gasteiger partial charge in [-0.2, -0.15) is 0 Å². The topological polar surface area (TPSA) is 35.2 Å². The van der Waals surface area contributed by atoms with Crippen LogP contribution in [0.5, 0.6) is 0 Å². The fourth-order valence-electron chi connectivity index (χ4n) is 1.67. The summed E-state index contributed by atoms with van der Waals surface area (Å²) in [5, 5.41) is 0. The summed E-state index contributed by atoms with van der Waals surface area (Å²) in [4.78, 5) is 0. The third kappa shape index (κ3) is 1.86. The molecule has 0 fully saturated rings. The second-order valence-corrected chi connectivity index (χ2v) is 3.31. The number of fused-ring (bicyclic) bond motifs is 1. The van der Waals surface area contributed by atoms with Gasteiger partial charge in [0.15, 0.2) is 0 Å². The van der Waals surface area contributed by atoms with Gasteiger partial charge in [0, 0.05) is 6.54 Å². The van der Waals surface area contributed by atoms with Crippen LogP contribution in [0.25, 0.3) is 0 Å². The van der Waals surface area contributed by atoms with Crippen molar-refractivity contribution < 1.29 is 4.74 Å². The molecule has 1 atom stereocenters. The zero-order chi connectivity index (χ0) is 9.80. The van der Waals surface area contributed by atoms with E-state index < -0.39 is 0 Å². The first-order valence-corrected chi connectivity index (χ1v) is 4.89. The van der Waals surface area contributed by atoms with E-state index in [2.05, 4.69) is 24.3 Å². The third-order valence-electron chi connectivity index (χ3n) is 2.33. The van der Waals surface area contributed by atoms with Crippen molar-refractivity contribution >= 4 is 0 Å². The summed E-state index contributed by atoms with van der Waals surface area (Å²) >= 11 is 0. The van der Waals surface area contributed by atoms with Gasteiger partial charge in [-0.15, -0.1) is 0 Å². The Bertz CT molecular complexity index is 333. The van der Waals surface area contributed by atoms with Crippen molar-refractivity contribution in [3.8, 4) is 0 Å². The number of rotatable bonds is 3. The lowest BCUT2D eigenvalue weighted by Crippen LogP contribution is -2.14. The summed E-state index contributed by atoms with van der Waals surface area (Å²) in [5.41, 5.74) is 7.96. The molecule has 0 aliphatic heterocycles. The molecule has 0 saturated carbocycles. The summed E-state index contributed by atoms with van der Waals surface area (Å²) < 4.78 is 5.59. The van der Waals surface area contributed by atoms with Crippen LogP contribution in [0.2, 0.25) is 0 Å². The second-order valence-electron chi connectivity index (χ2n) is 3.31. The van der Waals surface area contributed by atoms with Crippen LogP contribution in [-0.2, 0) is 11.2 Å². The normalized spacial score (nSPS) is 19.4. The molecule has 2 nitrogen and oxygen atoms in total. The lowest BCUT2D eigenvalue weighted by Gasteiger charge is -2.20. The van der Waals surface area contributed by atoms with Crippen molar-refractivity contribution in [3.63, 3.8) is 0 Å². The minimum Gasteiger partial charge on any atom is -0.367 e. The molecule has 1 radical (unpaired) electrons. The van der Waals surface area contributed by atoms with E-state index in [1.165, 1.54) is 11.1 Å². The van der Waals surface area contributed by atoms with Crippen molar-refractivity contribution in [1.82, 2.24) is 0 Å². The maximum absolute atomic E-state index is 5.59. The second kappa shape index (κ2) is 4.40. The molecule has 1 aromatic carbocycles. The average molecular weight is 188 g/mol. The zero-order valence-electron chi connectivity index (χ0n) is 8.07. The largest absolute Gasteiger partial charge is 0.367 e. The molecule has 2 rings (SSSR count). The van der Waals surface area contributed by atoms with Crippen LogP contribution in [0.1, 0.15) is 17.2 Å². The van der Waals surface area contributed by atoms with E-state index in [0.29, 0.717) is 13.2 Å². The monoisotopic (exact) mass is 188 g/mol. The van der Waals surface area contributed by atoms with E-state index in [-0.39, 0.29) is 6.10 Å². The number of hydrogen-bond acceptors (Lipinski definition) is 2.